The van der Waals surface area contributed by atoms with Gasteiger partial charge in [0.05, 0.1) is 36.6 Å². The SMILES string of the molecule is CC(OC(=O)C=C1CCN(C)CC1)OC(=O)O[C@@](Cn1cncn1)(c1ccc(F)cc1F)[C@@H](C)SC1COC(/C=C/C=C/c2ccc(C#N)cc2F)OC1. The fourth-order valence-electron chi connectivity index (χ4n) is 5.87. The molecule has 5 rings (SSSR count). The molecule has 2 aromatic carbocycles. The van der Waals surface area contributed by atoms with E-state index in [1.54, 1.807) is 31.2 Å². The van der Waals surface area contributed by atoms with E-state index in [2.05, 4.69) is 15.0 Å². The van der Waals surface area contributed by atoms with Crippen LogP contribution in [0.25, 0.3) is 6.08 Å². The molecule has 0 amide bonds. The van der Waals surface area contributed by atoms with Crippen molar-refractivity contribution in [2.75, 3.05) is 33.4 Å². The van der Waals surface area contributed by atoms with Gasteiger partial charge in [0.1, 0.15) is 30.1 Å². The van der Waals surface area contributed by atoms with E-state index in [-0.39, 0.29) is 36.1 Å². The number of halogens is 3. The summed E-state index contributed by atoms with van der Waals surface area (Å²) in [5, 5.41) is 12.0. The summed E-state index contributed by atoms with van der Waals surface area (Å²) >= 11 is 1.28. The van der Waals surface area contributed by atoms with Crippen molar-refractivity contribution in [3.05, 3.63) is 113 Å². The monoisotopic (exact) mass is 767 g/mol. The summed E-state index contributed by atoms with van der Waals surface area (Å²) in [5.74, 6) is -3.02. The van der Waals surface area contributed by atoms with Crippen LogP contribution in [0.2, 0.25) is 0 Å². The molecule has 0 spiro atoms. The van der Waals surface area contributed by atoms with E-state index in [0.717, 1.165) is 30.8 Å². The molecule has 0 bridgehead atoms. The third-order valence-corrected chi connectivity index (χ3v) is 10.2. The predicted molar refractivity (Wildman–Crippen MR) is 192 cm³/mol. The lowest BCUT2D eigenvalue weighted by Gasteiger charge is -2.40. The minimum absolute atomic E-state index is 0.156. The van der Waals surface area contributed by atoms with Crippen LogP contribution in [0, 0.1) is 28.8 Å². The maximum Gasteiger partial charge on any atom is 0.512 e. The van der Waals surface area contributed by atoms with E-state index in [0.29, 0.717) is 24.5 Å². The van der Waals surface area contributed by atoms with Crippen LogP contribution in [-0.2, 0) is 40.6 Å². The summed E-state index contributed by atoms with van der Waals surface area (Å²) in [4.78, 5) is 32.2. The van der Waals surface area contributed by atoms with Crippen molar-refractivity contribution in [3.63, 3.8) is 0 Å². The Morgan fingerprint density at radius 3 is 2.50 bits per heavy atom. The first-order valence-corrected chi connectivity index (χ1v) is 18.1. The number of nitrogens with zero attached hydrogens (tertiary/aromatic N) is 5. The van der Waals surface area contributed by atoms with Gasteiger partial charge in [-0.2, -0.15) is 10.4 Å². The topological polar surface area (TPSA) is 138 Å². The van der Waals surface area contributed by atoms with Crippen molar-refractivity contribution in [3.8, 4) is 6.07 Å². The number of benzene rings is 2. The molecule has 2 fully saturated rings. The van der Waals surface area contributed by atoms with Crippen molar-refractivity contribution in [1.82, 2.24) is 19.7 Å². The molecule has 1 aromatic heterocycles. The zero-order valence-corrected chi connectivity index (χ0v) is 30.7. The molecule has 16 heteroatoms. The van der Waals surface area contributed by atoms with Gasteiger partial charge in [-0.1, -0.05) is 29.9 Å². The van der Waals surface area contributed by atoms with E-state index in [4.69, 9.17) is 28.9 Å². The molecule has 1 unspecified atom stereocenters. The van der Waals surface area contributed by atoms with Gasteiger partial charge in [0.2, 0.25) is 6.29 Å². The highest BCUT2D eigenvalue weighted by molar-refractivity contribution is 8.00. The zero-order chi connectivity index (χ0) is 38.7. The van der Waals surface area contributed by atoms with Crippen LogP contribution in [-0.4, -0.2) is 88.2 Å². The molecule has 2 saturated heterocycles. The molecule has 3 aromatic rings. The Bertz CT molecular complexity index is 1890. The van der Waals surface area contributed by atoms with Crippen molar-refractivity contribution < 1.29 is 46.4 Å². The van der Waals surface area contributed by atoms with Gasteiger partial charge in [0.15, 0.2) is 11.9 Å². The molecule has 3 heterocycles. The largest absolute Gasteiger partial charge is 0.512 e. The lowest BCUT2D eigenvalue weighted by atomic mass is 9.89. The van der Waals surface area contributed by atoms with Gasteiger partial charge in [-0.3, -0.25) is 0 Å². The molecule has 2 aliphatic rings. The third-order valence-electron chi connectivity index (χ3n) is 8.74. The highest BCUT2D eigenvalue weighted by Gasteiger charge is 2.47. The van der Waals surface area contributed by atoms with Gasteiger partial charge in [-0.25, -0.2) is 32.4 Å². The van der Waals surface area contributed by atoms with Gasteiger partial charge in [0, 0.05) is 48.5 Å². The molecule has 286 valence electrons. The van der Waals surface area contributed by atoms with Crippen molar-refractivity contribution in [1.29, 1.82) is 5.26 Å². The predicted octanol–water partition coefficient (Wildman–Crippen LogP) is 6.29. The number of aromatic nitrogens is 3. The standard InChI is InChI=1S/C38H40F3N5O7S/c1-25(54-31-20-49-36(50-21-31)7-5-4-6-29-9-8-28(19-42)16-33(29)40)38(22-46-24-43-23-44-46,32-11-10-30(39)18-34(32)41)53-37(48)52-26(2)51-35(47)17-27-12-14-45(3)15-13-27/h4-11,16-18,23-26,31,36H,12-15,20-22H2,1-3H3/b6-4+,7-5+/t25-,26?,31?,36?,38-/m1/s1. The first kappa shape index (κ1) is 40.2. The first-order valence-electron chi connectivity index (χ1n) is 17.1. The highest BCUT2D eigenvalue weighted by Crippen LogP contribution is 2.42. The summed E-state index contributed by atoms with van der Waals surface area (Å²) in [6.07, 6.45) is 8.52. The van der Waals surface area contributed by atoms with E-state index in [9.17, 15) is 18.4 Å². The molecule has 0 saturated carbocycles. The number of esters is 1. The van der Waals surface area contributed by atoms with E-state index in [1.807, 2.05) is 13.1 Å². The molecule has 0 aliphatic carbocycles. The van der Waals surface area contributed by atoms with Gasteiger partial charge < -0.3 is 28.6 Å². The fourth-order valence-corrected chi connectivity index (χ4v) is 7.23. The maximum atomic E-state index is 15.7. The Labute approximate surface area is 315 Å². The van der Waals surface area contributed by atoms with E-state index < -0.39 is 53.0 Å². The molecule has 54 heavy (non-hydrogen) atoms. The maximum absolute atomic E-state index is 15.7. The number of hydrogen-bond acceptors (Lipinski definition) is 12. The third kappa shape index (κ3) is 11.0. The quantitative estimate of drug-likeness (QED) is 0.0837. The molecule has 12 nitrogen and oxygen atoms in total. The second-order valence-corrected chi connectivity index (χ2v) is 14.4. The lowest BCUT2D eigenvalue weighted by Crippen LogP contribution is -2.47. The Hall–Kier alpha value is -4.95. The average Bonchev–Trinajstić information content (AvgIpc) is 3.64. The van der Waals surface area contributed by atoms with Crippen LogP contribution in [0.3, 0.4) is 0 Å². The number of nitriles is 1. The van der Waals surface area contributed by atoms with Gasteiger partial charge in [-0.15, -0.1) is 11.8 Å². The molecular weight excluding hydrogens is 728 g/mol. The van der Waals surface area contributed by atoms with Crippen LogP contribution >= 0.6 is 11.8 Å². The number of likely N-dealkylation sites (tertiary alicyclic amines) is 1. The van der Waals surface area contributed by atoms with Gasteiger partial charge in [-0.05, 0) is 57.2 Å². The minimum atomic E-state index is -1.87. The summed E-state index contributed by atoms with van der Waals surface area (Å²) < 4.78 is 73.8. The summed E-state index contributed by atoms with van der Waals surface area (Å²) in [6.45, 7) is 4.79. The Morgan fingerprint density at radius 2 is 1.83 bits per heavy atom. The lowest BCUT2D eigenvalue weighted by molar-refractivity contribution is -0.166. The summed E-state index contributed by atoms with van der Waals surface area (Å²) in [7, 11) is 2.00. The van der Waals surface area contributed by atoms with Crippen molar-refractivity contribution >= 4 is 30.0 Å². The van der Waals surface area contributed by atoms with Crippen molar-refractivity contribution in [2.24, 2.45) is 0 Å². The zero-order valence-electron chi connectivity index (χ0n) is 29.9. The number of carbonyl (C=O) groups is 2. The summed E-state index contributed by atoms with van der Waals surface area (Å²) in [5.41, 5.74) is -0.570. The molecule has 0 radical (unpaired) electrons. The van der Waals surface area contributed by atoms with Crippen LogP contribution in [0.5, 0.6) is 0 Å². The first-order chi connectivity index (χ1) is 25.9. The summed E-state index contributed by atoms with van der Waals surface area (Å²) in [6, 6.07) is 8.99. The smallest absolute Gasteiger partial charge is 0.422 e. The number of rotatable bonds is 13. The normalized spacial score (nSPS) is 20.2. The second kappa shape index (κ2) is 18.9. The second-order valence-electron chi connectivity index (χ2n) is 12.7. The molecule has 2 aliphatic heterocycles. The van der Waals surface area contributed by atoms with E-state index in [1.165, 1.54) is 60.3 Å². The Morgan fingerprint density at radius 1 is 1.07 bits per heavy atom. The van der Waals surface area contributed by atoms with Crippen LogP contribution in [0.15, 0.2) is 78.9 Å². The molecule has 0 N–H and O–H groups in total. The van der Waals surface area contributed by atoms with Crippen LogP contribution in [0.1, 0.15) is 43.4 Å². The number of thioether (sulfide) groups is 1. The van der Waals surface area contributed by atoms with Gasteiger partial charge >= 0.3 is 12.1 Å². The Balaban J connectivity index is 1.28. The number of ether oxygens (including phenoxy) is 5. The number of piperidine rings is 1. The molecular formula is C38H40F3N5O7S. The van der Waals surface area contributed by atoms with Gasteiger partial charge in [0.25, 0.3) is 0 Å². The van der Waals surface area contributed by atoms with Crippen LogP contribution < -0.4 is 0 Å². The highest BCUT2D eigenvalue weighted by atomic mass is 32.2. The average molecular weight is 768 g/mol. The Kier molecular flexibility index (Phi) is 14.1. The minimum Gasteiger partial charge on any atom is -0.422 e. The van der Waals surface area contributed by atoms with E-state index >= 15 is 4.39 Å². The van der Waals surface area contributed by atoms with Crippen LogP contribution in [0.4, 0.5) is 18.0 Å². The fraction of sp³-hybridized carbons (Fsp3) is 0.395. The number of carbonyl (C=O) groups excluding carboxylic acids is 2. The molecule has 3 atom stereocenters. The van der Waals surface area contributed by atoms with Crippen molar-refractivity contribution in [2.45, 2.75) is 61.9 Å². The number of allylic oxidation sites excluding steroid dienone is 2. The number of hydrogen-bond donors (Lipinski definition) is 0.